The summed E-state index contributed by atoms with van der Waals surface area (Å²) >= 11 is 4.80. The van der Waals surface area contributed by atoms with Crippen molar-refractivity contribution in [2.45, 2.75) is 26.8 Å². The van der Waals surface area contributed by atoms with Gasteiger partial charge in [-0.25, -0.2) is 0 Å². The van der Waals surface area contributed by atoms with Gasteiger partial charge in [0.25, 0.3) is 0 Å². The van der Waals surface area contributed by atoms with Crippen LogP contribution in [0.15, 0.2) is 0 Å². The Morgan fingerprint density at radius 2 is 2.11 bits per heavy atom. The molecular formula is C6H14N2S. The van der Waals surface area contributed by atoms with Gasteiger partial charge in [0.05, 0.1) is 0 Å². The standard InChI is InChI=1S/C6H14N2S/c1-4-8(5(2)3)6(7)9/h5H,4H2,1-3H3,(H2,7,9). The fourth-order valence-electron chi connectivity index (χ4n) is 0.775. The Balaban J connectivity index is 3.83. The lowest BCUT2D eigenvalue weighted by atomic mass is 10.3. The van der Waals surface area contributed by atoms with Crippen LogP contribution in [0.25, 0.3) is 0 Å². The molecule has 0 saturated heterocycles. The highest BCUT2D eigenvalue weighted by atomic mass is 32.1. The zero-order valence-corrected chi connectivity index (χ0v) is 7.03. The number of hydrogen-bond acceptors (Lipinski definition) is 1. The maximum Gasteiger partial charge on any atom is 0.166 e. The molecule has 0 bridgehead atoms. The van der Waals surface area contributed by atoms with Gasteiger partial charge in [-0.15, -0.1) is 0 Å². The Bertz CT molecular complexity index is 101. The molecule has 2 nitrogen and oxygen atoms in total. The Morgan fingerprint density at radius 1 is 1.67 bits per heavy atom. The largest absolute Gasteiger partial charge is 0.376 e. The molecule has 0 spiro atoms. The first-order valence-electron chi connectivity index (χ1n) is 3.15. The molecule has 0 aromatic rings. The molecule has 0 aromatic heterocycles. The maximum atomic E-state index is 5.41. The molecule has 0 fully saturated rings. The summed E-state index contributed by atoms with van der Waals surface area (Å²) in [5.74, 6) is 0. The summed E-state index contributed by atoms with van der Waals surface area (Å²) in [6.45, 7) is 7.08. The first-order valence-corrected chi connectivity index (χ1v) is 3.56. The summed E-state index contributed by atoms with van der Waals surface area (Å²) in [6.07, 6.45) is 0. The van der Waals surface area contributed by atoms with Crippen LogP contribution in [0, 0.1) is 0 Å². The molecule has 0 radical (unpaired) electrons. The second-order valence-electron chi connectivity index (χ2n) is 2.22. The highest BCUT2D eigenvalue weighted by molar-refractivity contribution is 7.80. The van der Waals surface area contributed by atoms with Gasteiger partial charge in [-0.2, -0.15) is 0 Å². The van der Waals surface area contributed by atoms with E-state index in [0.717, 1.165) is 6.54 Å². The van der Waals surface area contributed by atoms with Crippen molar-refractivity contribution in [2.24, 2.45) is 5.73 Å². The van der Waals surface area contributed by atoms with Gasteiger partial charge in [0.2, 0.25) is 0 Å². The number of hydrogen-bond donors (Lipinski definition) is 1. The number of rotatable bonds is 2. The average Bonchev–Trinajstić information content (AvgIpc) is 1.64. The third-order valence-electron chi connectivity index (χ3n) is 1.25. The number of nitrogens with two attached hydrogens (primary N) is 1. The van der Waals surface area contributed by atoms with Crippen molar-refractivity contribution in [1.29, 1.82) is 0 Å². The van der Waals surface area contributed by atoms with E-state index in [2.05, 4.69) is 13.8 Å². The predicted molar refractivity (Wildman–Crippen MR) is 44.3 cm³/mol. The van der Waals surface area contributed by atoms with E-state index in [1.165, 1.54) is 0 Å². The molecular weight excluding hydrogens is 132 g/mol. The lowest BCUT2D eigenvalue weighted by molar-refractivity contribution is 0.369. The van der Waals surface area contributed by atoms with Gasteiger partial charge in [-0.05, 0) is 33.0 Å². The topological polar surface area (TPSA) is 29.3 Å². The number of thiocarbonyl (C=S) groups is 1. The molecule has 0 aliphatic rings. The Kier molecular flexibility index (Phi) is 3.54. The fraction of sp³-hybridized carbons (Fsp3) is 0.833. The Morgan fingerprint density at radius 3 is 2.11 bits per heavy atom. The van der Waals surface area contributed by atoms with E-state index in [1.54, 1.807) is 0 Å². The van der Waals surface area contributed by atoms with Crippen molar-refractivity contribution < 1.29 is 0 Å². The van der Waals surface area contributed by atoms with Gasteiger partial charge in [0.1, 0.15) is 0 Å². The minimum absolute atomic E-state index is 0.424. The van der Waals surface area contributed by atoms with Gasteiger partial charge >= 0.3 is 0 Å². The van der Waals surface area contributed by atoms with Gasteiger partial charge in [0, 0.05) is 12.6 Å². The van der Waals surface area contributed by atoms with Crippen LogP contribution in [0.5, 0.6) is 0 Å². The van der Waals surface area contributed by atoms with Crippen LogP contribution >= 0.6 is 12.2 Å². The monoisotopic (exact) mass is 146 g/mol. The minimum Gasteiger partial charge on any atom is -0.376 e. The zero-order chi connectivity index (χ0) is 7.44. The highest BCUT2D eigenvalue weighted by Gasteiger charge is 2.05. The quantitative estimate of drug-likeness (QED) is 0.588. The van der Waals surface area contributed by atoms with E-state index >= 15 is 0 Å². The average molecular weight is 146 g/mol. The molecule has 0 saturated carbocycles. The third-order valence-corrected chi connectivity index (χ3v) is 1.48. The van der Waals surface area contributed by atoms with Crippen molar-refractivity contribution in [1.82, 2.24) is 4.90 Å². The van der Waals surface area contributed by atoms with Crippen molar-refractivity contribution in [2.75, 3.05) is 6.54 Å². The molecule has 0 unspecified atom stereocenters. The van der Waals surface area contributed by atoms with Gasteiger partial charge in [0.15, 0.2) is 5.11 Å². The minimum atomic E-state index is 0.424. The molecule has 0 aromatic carbocycles. The van der Waals surface area contributed by atoms with E-state index in [0.29, 0.717) is 11.2 Å². The van der Waals surface area contributed by atoms with Gasteiger partial charge in [-0.1, -0.05) is 0 Å². The summed E-state index contributed by atoms with van der Waals surface area (Å²) in [6, 6.07) is 0.424. The van der Waals surface area contributed by atoms with Crippen LogP contribution in [-0.2, 0) is 0 Å². The molecule has 0 rings (SSSR count). The Hall–Kier alpha value is -0.310. The first-order chi connectivity index (χ1) is 4.09. The van der Waals surface area contributed by atoms with Crippen molar-refractivity contribution in [3.63, 3.8) is 0 Å². The van der Waals surface area contributed by atoms with Crippen LogP contribution < -0.4 is 5.73 Å². The highest BCUT2D eigenvalue weighted by Crippen LogP contribution is 1.95. The van der Waals surface area contributed by atoms with E-state index in [4.69, 9.17) is 18.0 Å². The van der Waals surface area contributed by atoms with E-state index in [1.807, 2.05) is 11.8 Å². The van der Waals surface area contributed by atoms with Crippen LogP contribution in [0.2, 0.25) is 0 Å². The molecule has 0 aliphatic heterocycles. The third kappa shape index (κ3) is 2.65. The SMILES string of the molecule is CCN(C(N)=S)C(C)C. The van der Waals surface area contributed by atoms with Crippen LogP contribution in [0.4, 0.5) is 0 Å². The van der Waals surface area contributed by atoms with Crippen molar-refractivity contribution in [3.05, 3.63) is 0 Å². The predicted octanol–water partition coefficient (Wildman–Crippen LogP) is 0.960. The van der Waals surface area contributed by atoms with Crippen LogP contribution in [0.1, 0.15) is 20.8 Å². The van der Waals surface area contributed by atoms with Gasteiger partial charge in [-0.3, -0.25) is 0 Å². The van der Waals surface area contributed by atoms with Crippen LogP contribution in [-0.4, -0.2) is 22.6 Å². The summed E-state index contributed by atoms with van der Waals surface area (Å²) in [5, 5.41) is 0.493. The molecule has 2 N–H and O–H groups in total. The molecule has 0 atom stereocenters. The summed E-state index contributed by atoms with van der Waals surface area (Å²) in [5.41, 5.74) is 5.41. The lowest BCUT2D eigenvalue weighted by Crippen LogP contribution is -2.40. The summed E-state index contributed by atoms with van der Waals surface area (Å²) in [4.78, 5) is 1.97. The molecule has 0 aliphatic carbocycles. The molecule has 0 amide bonds. The molecule has 3 heteroatoms. The zero-order valence-electron chi connectivity index (χ0n) is 6.22. The van der Waals surface area contributed by atoms with Crippen molar-refractivity contribution >= 4 is 17.3 Å². The molecule has 0 heterocycles. The van der Waals surface area contributed by atoms with E-state index < -0.39 is 0 Å². The fourth-order valence-corrected chi connectivity index (χ4v) is 1.12. The van der Waals surface area contributed by atoms with E-state index in [9.17, 15) is 0 Å². The van der Waals surface area contributed by atoms with E-state index in [-0.39, 0.29) is 0 Å². The second kappa shape index (κ2) is 3.67. The maximum absolute atomic E-state index is 5.41. The smallest absolute Gasteiger partial charge is 0.166 e. The first kappa shape index (κ1) is 8.69. The lowest BCUT2D eigenvalue weighted by Gasteiger charge is -2.24. The summed E-state index contributed by atoms with van der Waals surface area (Å²) in [7, 11) is 0. The van der Waals surface area contributed by atoms with Gasteiger partial charge < -0.3 is 10.6 Å². The molecule has 54 valence electrons. The molecule has 9 heavy (non-hydrogen) atoms. The normalized spacial score (nSPS) is 9.78. The summed E-state index contributed by atoms with van der Waals surface area (Å²) < 4.78 is 0. The van der Waals surface area contributed by atoms with Crippen molar-refractivity contribution in [3.8, 4) is 0 Å². The Labute approximate surface area is 62.0 Å². The van der Waals surface area contributed by atoms with Crippen LogP contribution in [0.3, 0.4) is 0 Å². The second-order valence-corrected chi connectivity index (χ2v) is 2.64. The number of nitrogens with zero attached hydrogens (tertiary/aromatic N) is 1.